The van der Waals surface area contributed by atoms with Crippen LogP contribution in [-0.4, -0.2) is 11.7 Å². The lowest BCUT2D eigenvalue weighted by atomic mass is 10.0. The summed E-state index contributed by atoms with van der Waals surface area (Å²) in [5.74, 6) is 0.112. The Labute approximate surface area is 120 Å². The number of ether oxygens (including phenoxy) is 1. The maximum atomic E-state index is 13.9. The first kappa shape index (κ1) is 14.0. The maximum Gasteiger partial charge on any atom is 0.130 e. The fraction of sp³-hybridized carbons (Fsp3) is 0.200. The maximum absolute atomic E-state index is 13.9. The second-order valence-corrected chi connectivity index (χ2v) is 4.86. The third kappa shape index (κ3) is 2.96. The van der Waals surface area contributed by atoms with E-state index in [1.165, 1.54) is 6.07 Å². The molecule has 0 amide bonds. The van der Waals surface area contributed by atoms with Gasteiger partial charge in [0.15, 0.2) is 0 Å². The topological polar surface area (TPSA) is 29.5 Å². The van der Waals surface area contributed by atoms with Crippen LogP contribution in [0.2, 0.25) is 0 Å². The van der Waals surface area contributed by atoms with Crippen LogP contribution in [-0.2, 0) is 0 Å². The van der Waals surface area contributed by atoms with Crippen LogP contribution in [0.4, 0.5) is 4.39 Å². The van der Waals surface area contributed by atoms with E-state index in [9.17, 15) is 9.50 Å². The van der Waals surface area contributed by atoms with Crippen molar-refractivity contribution in [3.63, 3.8) is 0 Å². The van der Waals surface area contributed by atoms with Gasteiger partial charge in [-0.05, 0) is 25.1 Å². The Morgan fingerprint density at radius 1 is 1.21 bits per heavy atom. The van der Waals surface area contributed by atoms with Crippen LogP contribution in [0.5, 0.6) is 5.75 Å². The van der Waals surface area contributed by atoms with Gasteiger partial charge < -0.3 is 9.84 Å². The summed E-state index contributed by atoms with van der Waals surface area (Å²) in [4.78, 5) is 0. The molecule has 0 radical (unpaired) electrons. The van der Waals surface area contributed by atoms with E-state index < -0.39 is 11.9 Å². The zero-order valence-corrected chi connectivity index (χ0v) is 12.0. The van der Waals surface area contributed by atoms with Gasteiger partial charge in [0.2, 0.25) is 0 Å². The van der Waals surface area contributed by atoms with E-state index in [4.69, 9.17) is 4.74 Å². The summed E-state index contributed by atoms with van der Waals surface area (Å²) < 4.78 is 19.9. The van der Waals surface area contributed by atoms with E-state index in [1.54, 1.807) is 30.3 Å². The molecule has 0 aliphatic carbocycles. The monoisotopic (exact) mass is 324 g/mol. The number of rotatable bonds is 4. The van der Waals surface area contributed by atoms with Gasteiger partial charge in [0.25, 0.3) is 0 Å². The van der Waals surface area contributed by atoms with Crippen LogP contribution in [0.15, 0.2) is 46.9 Å². The van der Waals surface area contributed by atoms with Crippen molar-refractivity contribution in [1.82, 2.24) is 0 Å². The van der Waals surface area contributed by atoms with E-state index in [2.05, 4.69) is 15.9 Å². The molecule has 0 aliphatic heterocycles. The van der Waals surface area contributed by atoms with Gasteiger partial charge in [-0.3, -0.25) is 0 Å². The van der Waals surface area contributed by atoms with Gasteiger partial charge in [0.1, 0.15) is 17.7 Å². The smallest absolute Gasteiger partial charge is 0.130 e. The summed E-state index contributed by atoms with van der Waals surface area (Å²) in [7, 11) is 0. The highest BCUT2D eigenvalue weighted by molar-refractivity contribution is 9.10. The molecule has 0 aliphatic rings. The number of hydrogen-bond acceptors (Lipinski definition) is 2. The molecule has 1 unspecified atom stereocenters. The Morgan fingerprint density at radius 2 is 1.95 bits per heavy atom. The van der Waals surface area contributed by atoms with Crippen molar-refractivity contribution in [3.8, 4) is 5.75 Å². The minimum Gasteiger partial charge on any atom is -0.493 e. The number of aliphatic hydroxyl groups excluding tert-OH is 1. The highest BCUT2D eigenvalue weighted by Gasteiger charge is 2.21. The first-order chi connectivity index (χ1) is 9.15. The van der Waals surface area contributed by atoms with E-state index in [0.717, 1.165) is 0 Å². The number of benzene rings is 2. The fourth-order valence-electron chi connectivity index (χ4n) is 1.92. The predicted octanol–water partition coefficient (Wildman–Crippen LogP) is 4.07. The molecule has 19 heavy (non-hydrogen) atoms. The Bertz CT molecular complexity index is 552. The minimum absolute atomic E-state index is 0.217. The standard InChI is InChI=1S/C15H14BrFO2/c1-2-19-13-9-4-3-6-10(13)15(18)14-11(16)7-5-8-12(14)17/h3-9,15,18H,2H2,1H3. The molecule has 0 saturated heterocycles. The molecule has 100 valence electrons. The SMILES string of the molecule is CCOc1ccccc1C(O)c1c(F)cccc1Br. The normalized spacial score (nSPS) is 12.2. The molecule has 0 fully saturated rings. The number of para-hydroxylation sites is 1. The van der Waals surface area contributed by atoms with Crippen molar-refractivity contribution in [3.05, 3.63) is 63.9 Å². The summed E-state index contributed by atoms with van der Waals surface area (Å²) in [6.07, 6.45) is -1.07. The first-order valence-corrected chi connectivity index (χ1v) is 6.78. The van der Waals surface area contributed by atoms with Gasteiger partial charge in [0, 0.05) is 15.6 Å². The van der Waals surface area contributed by atoms with Crippen LogP contribution in [0, 0.1) is 5.82 Å². The molecule has 0 bridgehead atoms. The Kier molecular flexibility index (Phi) is 4.56. The van der Waals surface area contributed by atoms with Crippen molar-refractivity contribution in [1.29, 1.82) is 0 Å². The second-order valence-electron chi connectivity index (χ2n) is 4.01. The number of halogens is 2. The van der Waals surface area contributed by atoms with Crippen molar-refractivity contribution in [2.24, 2.45) is 0 Å². The largest absolute Gasteiger partial charge is 0.493 e. The Hall–Kier alpha value is -1.39. The Balaban J connectivity index is 2.47. The molecule has 2 nitrogen and oxygen atoms in total. The van der Waals surface area contributed by atoms with Crippen molar-refractivity contribution in [2.45, 2.75) is 13.0 Å². The molecule has 2 rings (SSSR count). The molecule has 0 heterocycles. The van der Waals surface area contributed by atoms with Gasteiger partial charge in [0.05, 0.1) is 6.61 Å². The van der Waals surface area contributed by atoms with Crippen LogP contribution < -0.4 is 4.74 Å². The molecule has 2 aromatic carbocycles. The number of aliphatic hydroxyl groups is 1. The van der Waals surface area contributed by atoms with Crippen LogP contribution in [0.25, 0.3) is 0 Å². The lowest BCUT2D eigenvalue weighted by Crippen LogP contribution is -2.06. The average Bonchev–Trinajstić information content (AvgIpc) is 2.39. The summed E-state index contributed by atoms with van der Waals surface area (Å²) in [5.41, 5.74) is 0.768. The quantitative estimate of drug-likeness (QED) is 0.918. The van der Waals surface area contributed by atoms with E-state index in [-0.39, 0.29) is 5.56 Å². The predicted molar refractivity (Wildman–Crippen MR) is 75.8 cm³/mol. The zero-order valence-electron chi connectivity index (χ0n) is 10.4. The van der Waals surface area contributed by atoms with Crippen molar-refractivity contribution < 1.29 is 14.2 Å². The van der Waals surface area contributed by atoms with Gasteiger partial charge in [-0.2, -0.15) is 0 Å². The van der Waals surface area contributed by atoms with Crippen molar-refractivity contribution >= 4 is 15.9 Å². The molecule has 0 aromatic heterocycles. The zero-order chi connectivity index (χ0) is 13.8. The average molecular weight is 325 g/mol. The highest BCUT2D eigenvalue weighted by atomic mass is 79.9. The van der Waals surface area contributed by atoms with E-state index in [1.807, 2.05) is 13.0 Å². The second kappa shape index (κ2) is 6.17. The van der Waals surface area contributed by atoms with Gasteiger partial charge >= 0.3 is 0 Å². The molecule has 2 aromatic rings. The minimum atomic E-state index is -1.07. The fourth-order valence-corrected chi connectivity index (χ4v) is 2.48. The molecular weight excluding hydrogens is 311 g/mol. The summed E-state index contributed by atoms with van der Waals surface area (Å²) in [5, 5.41) is 10.4. The van der Waals surface area contributed by atoms with Gasteiger partial charge in [-0.1, -0.05) is 40.2 Å². The highest BCUT2D eigenvalue weighted by Crippen LogP contribution is 2.35. The van der Waals surface area contributed by atoms with E-state index >= 15 is 0 Å². The van der Waals surface area contributed by atoms with Crippen LogP contribution in [0.1, 0.15) is 24.2 Å². The van der Waals surface area contributed by atoms with Gasteiger partial charge in [-0.15, -0.1) is 0 Å². The van der Waals surface area contributed by atoms with Crippen molar-refractivity contribution in [2.75, 3.05) is 6.61 Å². The van der Waals surface area contributed by atoms with Gasteiger partial charge in [-0.25, -0.2) is 4.39 Å². The lowest BCUT2D eigenvalue weighted by molar-refractivity contribution is 0.206. The number of hydrogen-bond donors (Lipinski definition) is 1. The molecule has 1 N–H and O–H groups in total. The summed E-state index contributed by atoms with van der Waals surface area (Å²) in [6.45, 7) is 2.35. The molecule has 0 saturated carbocycles. The molecule has 1 atom stereocenters. The molecule has 4 heteroatoms. The molecular formula is C15H14BrFO2. The third-order valence-electron chi connectivity index (χ3n) is 2.79. The lowest BCUT2D eigenvalue weighted by Gasteiger charge is -2.17. The third-order valence-corrected chi connectivity index (χ3v) is 3.48. The first-order valence-electron chi connectivity index (χ1n) is 5.98. The van der Waals surface area contributed by atoms with Crippen LogP contribution in [0.3, 0.4) is 0 Å². The molecule has 0 spiro atoms. The summed E-state index contributed by atoms with van der Waals surface area (Å²) in [6, 6.07) is 11.7. The summed E-state index contributed by atoms with van der Waals surface area (Å²) >= 11 is 3.27. The van der Waals surface area contributed by atoms with E-state index in [0.29, 0.717) is 22.4 Å². The van der Waals surface area contributed by atoms with Crippen LogP contribution >= 0.6 is 15.9 Å². The Morgan fingerprint density at radius 3 is 2.63 bits per heavy atom.